The van der Waals surface area contributed by atoms with Crippen molar-refractivity contribution in [3.63, 3.8) is 0 Å². The number of aromatic carboxylic acids is 1. The third-order valence-corrected chi connectivity index (χ3v) is 3.96. The van der Waals surface area contributed by atoms with Gasteiger partial charge in [0.1, 0.15) is 11.6 Å². The molecule has 2 rings (SSSR count). The van der Waals surface area contributed by atoms with Crippen LogP contribution in [0.1, 0.15) is 49.9 Å². The molecule has 1 saturated carbocycles. The number of halogens is 1. The van der Waals surface area contributed by atoms with Crippen molar-refractivity contribution in [1.82, 2.24) is 0 Å². The van der Waals surface area contributed by atoms with Crippen molar-refractivity contribution >= 4 is 5.97 Å². The van der Waals surface area contributed by atoms with Gasteiger partial charge < -0.3 is 9.84 Å². The van der Waals surface area contributed by atoms with Gasteiger partial charge in [0.2, 0.25) is 0 Å². The molecular formula is C16H21FO3. The molecule has 1 N–H and O–H groups in total. The van der Waals surface area contributed by atoms with Crippen LogP contribution in [0.25, 0.3) is 0 Å². The van der Waals surface area contributed by atoms with Crippen molar-refractivity contribution < 1.29 is 19.0 Å². The fourth-order valence-electron chi connectivity index (χ4n) is 2.97. The molecule has 0 heterocycles. The number of carboxylic acid groups (broad SMARTS) is 1. The highest BCUT2D eigenvalue weighted by atomic mass is 19.1. The van der Waals surface area contributed by atoms with Gasteiger partial charge >= 0.3 is 5.97 Å². The first-order valence-electron chi connectivity index (χ1n) is 7.03. The molecule has 110 valence electrons. The van der Waals surface area contributed by atoms with E-state index in [0.717, 1.165) is 18.9 Å². The number of ether oxygens (including phenoxy) is 1. The van der Waals surface area contributed by atoms with E-state index in [4.69, 9.17) is 9.84 Å². The summed E-state index contributed by atoms with van der Waals surface area (Å²) in [5.74, 6) is -1.13. The van der Waals surface area contributed by atoms with Crippen LogP contribution in [0.5, 0.6) is 5.75 Å². The van der Waals surface area contributed by atoms with E-state index in [1.54, 1.807) is 0 Å². The molecule has 0 amide bonds. The number of carboxylic acids is 1. The topological polar surface area (TPSA) is 46.5 Å². The Hall–Kier alpha value is -1.58. The SMILES string of the molecule is CC1(C)CCCC(COc2ccc(C(=O)O)c(F)c2)C1. The van der Waals surface area contributed by atoms with Gasteiger partial charge in [-0.2, -0.15) is 0 Å². The molecule has 1 fully saturated rings. The number of hydrogen-bond acceptors (Lipinski definition) is 2. The molecule has 1 atom stereocenters. The van der Waals surface area contributed by atoms with E-state index >= 15 is 0 Å². The van der Waals surface area contributed by atoms with Crippen LogP contribution in [-0.4, -0.2) is 17.7 Å². The molecule has 4 heteroatoms. The molecule has 0 radical (unpaired) electrons. The normalized spacial score (nSPS) is 21.4. The van der Waals surface area contributed by atoms with Gasteiger partial charge in [-0.15, -0.1) is 0 Å². The average molecular weight is 280 g/mol. The molecule has 1 aromatic carbocycles. The van der Waals surface area contributed by atoms with Crippen molar-refractivity contribution in [3.05, 3.63) is 29.6 Å². The molecule has 0 spiro atoms. The van der Waals surface area contributed by atoms with Crippen LogP contribution in [-0.2, 0) is 0 Å². The maximum Gasteiger partial charge on any atom is 0.338 e. The molecule has 1 aliphatic carbocycles. The van der Waals surface area contributed by atoms with Crippen LogP contribution >= 0.6 is 0 Å². The van der Waals surface area contributed by atoms with Gasteiger partial charge in [-0.3, -0.25) is 0 Å². The molecule has 1 aliphatic rings. The summed E-state index contributed by atoms with van der Waals surface area (Å²) in [5, 5.41) is 8.77. The first-order valence-corrected chi connectivity index (χ1v) is 7.03. The molecule has 0 aromatic heterocycles. The Bertz CT molecular complexity index is 496. The summed E-state index contributed by atoms with van der Waals surface area (Å²) < 4.78 is 19.2. The summed E-state index contributed by atoms with van der Waals surface area (Å²) in [4.78, 5) is 10.7. The lowest BCUT2D eigenvalue weighted by Gasteiger charge is -2.35. The molecule has 1 aromatic rings. The van der Waals surface area contributed by atoms with Crippen molar-refractivity contribution in [2.24, 2.45) is 11.3 Å². The minimum absolute atomic E-state index is 0.323. The van der Waals surface area contributed by atoms with Gasteiger partial charge in [-0.05, 0) is 42.7 Å². The van der Waals surface area contributed by atoms with Crippen molar-refractivity contribution in [1.29, 1.82) is 0 Å². The molecule has 20 heavy (non-hydrogen) atoms. The van der Waals surface area contributed by atoms with E-state index in [2.05, 4.69) is 13.8 Å². The zero-order valence-corrected chi connectivity index (χ0v) is 12.0. The van der Waals surface area contributed by atoms with E-state index in [1.165, 1.54) is 25.0 Å². The van der Waals surface area contributed by atoms with Gasteiger partial charge in [0.05, 0.1) is 12.2 Å². The van der Waals surface area contributed by atoms with Gasteiger partial charge in [-0.1, -0.05) is 20.3 Å². The summed E-state index contributed by atoms with van der Waals surface area (Å²) in [7, 11) is 0. The maximum atomic E-state index is 13.5. The standard InChI is InChI=1S/C16H21FO3/c1-16(2)7-3-4-11(9-16)10-20-12-5-6-13(15(18)19)14(17)8-12/h5-6,8,11H,3-4,7,9-10H2,1-2H3,(H,18,19). The Morgan fingerprint density at radius 2 is 2.25 bits per heavy atom. The van der Waals surface area contributed by atoms with Gasteiger partial charge in [0.15, 0.2) is 0 Å². The van der Waals surface area contributed by atoms with Gasteiger partial charge in [0.25, 0.3) is 0 Å². The summed E-state index contributed by atoms with van der Waals surface area (Å²) in [6, 6.07) is 3.91. The Balaban J connectivity index is 1.94. The van der Waals surface area contributed by atoms with Crippen LogP contribution in [0.4, 0.5) is 4.39 Å². The van der Waals surface area contributed by atoms with Crippen LogP contribution in [0.15, 0.2) is 18.2 Å². The number of benzene rings is 1. The second kappa shape index (κ2) is 5.81. The Morgan fingerprint density at radius 1 is 1.50 bits per heavy atom. The summed E-state index contributed by atoms with van der Waals surface area (Å²) in [6.45, 7) is 5.09. The quantitative estimate of drug-likeness (QED) is 0.902. The molecule has 0 bridgehead atoms. The smallest absolute Gasteiger partial charge is 0.338 e. The van der Waals surface area contributed by atoms with Crippen molar-refractivity contribution in [2.75, 3.05) is 6.61 Å². The fourth-order valence-corrected chi connectivity index (χ4v) is 2.97. The van der Waals surface area contributed by atoms with E-state index in [0.29, 0.717) is 23.7 Å². The lowest BCUT2D eigenvalue weighted by atomic mass is 9.72. The molecule has 0 saturated heterocycles. The molecule has 1 unspecified atom stereocenters. The third kappa shape index (κ3) is 3.71. The average Bonchev–Trinajstić information content (AvgIpc) is 2.35. The van der Waals surface area contributed by atoms with E-state index in [1.807, 2.05) is 0 Å². The third-order valence-electron chi connectivity index (χ3n) is 3.96. The van der Waals surface area contributed by atoms with Crippen LogP contribution in [0.2, 0.25) is 0 Å². The summed E-state index contributed by atoms with van der Waals surface area (Å²) in [5.41, 5.74) is 0.0289. The first-order chi connectivity index (χ1) is 9.37. The zero-order valence-electron chi connectivity index (χ0n) is 12.0. The molecule has 3 nitrogen and oxygen atoms in total. The second-order valence-electron chi connectivity index (χ2n) is 6.38. The molecular weight excluding hydrogens is 259 g/mol. The minimum atomic E-state index is -1.26. The number of hydrogen-bond donors (Lipinski definition) is 1. The van der Waals surface area contributed by atoms with Crippen molar-refractivity contribution in [2.45, 2.75) is 39.5 Å². The van der Waals surface area contributed by atoms with E-state index in [9.17, 15) is 9.18 Å². The summed E-state index contributed by atoms with van der Waals surface area (Å²) in [6.07, 6.45) is 4.70. The Labute approximate surface area is 118 Å². The van der Waals surface area contributed by atoms with E-state index < -0.39 is 11.8 Å². The highest BCUT2D eigenvalue weighted by Crippen LogP contribution is 2.38. The molecule has 0 aliphatic heterocycles. The van der Waals surface area contributed by atoms with Crippen LogP contribution in [0.3, 0.4) is 0 Å². The van der Waals surface area contributed by atoms with Gasteiger partial charge in [-0.25, -0.2) is 9.18 Å². The zero-order chi connectivity index (χ0) is 14.8. The first kappa shape index (κ1) is 14.8. The fraction of sp³-hybridized carbons (Fsp3) is 0.562. The van der Waals surface area contributed by atoms with E-state index in [-0.39, 0.29) is 5.56 Å². The second-order valence-corrected chi connectivity index (χ2v) is 6.38. The predicted octanol–water partition coefficient (Wildman–Crippen LogP) is 4.12. The predicted molar refractivity (Wildman–Crippen MR) is 74.6 cm³/mol. The number of rotatable bonds is 4. The highest BCUT2D eigenvalue weighted by Gasteiger charge is 2.28. The van der Waals surface area contributed by atoms with Gasteiger partial charge in [0, 0.05) is 6.07 Å². The monoisotopic (exact) mass is 280 g/mol. The van der Waals surface area contributed by atoms with Crippen molar-refractivity contribution in [3.8, 4) is 5.75 Å². The largest absolute Gasteiger partial charge is 0.493 e. The minimum Gasteiger partial charge on any atom is -0.493 e. The van der Waals surface area contributed by atoms with Crippen LogP contribution in [0, 0.1) is 17.2 Å². The maximum absolute atomic E-state index is 13.5. The number of carbonyl (C=O) groups is 1. The Morgan fingerprint density at radius 3 is 2.85 bits per heavy atom. The van der Waals surface area contributed by atoms with Crippen LogP contribution < -0.4 is 4.74 Å². The lowest BCUT2D eigenvalue weighted by molar-refractivity contribution is 0.0691. The highest BCUT2D eigenvalue weighted by molar-refractivity contribution is 5.88. The Kier molecular flexibility index (Phi) is 4.31. The lowest BCUT2D eigenvalue weighted by Crippen LogP contribution is -2.26. The summed E-state index contributed by atoms with van der Waals surface area (Å²) >= 11 is 0.